The molecule has 0 aliphatic heterocycles. The quantitative estimate of drug-likeness (QED) is 0.441. The number of hydrogen-bond donors (Lipinski definition) is 0. The van der Waals surface area contributed by atoms with Crippen molar-refractivity contribution in [3.8, 4) is 5.75 Å². The van der Waals surface area contributed by atoms with Gasteiger partial charge in [-0.3, -0.25) is 4.79 Å². The van der Waals surface area contributed by atoms with Crippen molar-refractivity contribution in [3.05, 3.63) is 70.4 Å². The van der Waals surface area contributed by atoms with E-state index >= 15 is 0 Å². The highest BCUT2D eigenvalue weighted by Gasteiger charge is 2.03. The summed E-state index contributed by atoms with van der Waals surface area (Å²) in [6, 6.07) is 11.0. The molecule has 0 fully saturated rings. The summed E-state index contributed by atoms with van der Waals surface area (Å²) >= 11 is 7.16. The van der Waals surface area contributed by atoms with Gasteiger partial charge in [-0.1, -0.05) is 23.4 Å². The van der Waals surface area contributed by atoms with E-state index in [0.717, 1.165) is 0 Å². The van der Waals surface area contributed by atoms with Crippen LogP contribution in [0.15, 0.2) is 58.8 Å². The van der Waals surface area contributed by atoms with Crippen LogP contribution in [-0.2, 0) is 0 Å². The minimum absolute atomic E-state index is 0.122. The van der Waals surface area contributed by atoms with Gasteiger partial charge in [-0.15, -0.1) is 0 Å². The van der Waals surface area contributed by atoms with Crippen molar-refractivity contribution in [3.63, 3.8) is 0 Å². The van der Waals surface area contributed by atoms with Gasteiger partial charge in [-0.25, -0.2) is 4.39 Å². The van der Waals surface area contributed by atoms with E-state index in [1.165, 1.54) is 30.0 Å². The van der Waals surface area contributed by atoms with E-state index in [2.05, 4.69) is 0 Å². The first-order valence-electron chi connectivity index (χ1n) is 6.07. The lowest BCUT2D eigenvalue weighted by Crippen LogP contribution is -1.93. The molecule has 0 spiro atoms. The van der Waals surface area contributed by atoms with Gasteiger partial charge in [0.05, 0.1) is 12.1 Å². The van der Waals surface area contributed by atoms with Gasteiger partial charge < -0.3 is 4.74 Å². The molecule has 0 N–H and O–H groups in total. The summed E-state index contributed by atoms with van der Waals surface area (Å²) in [5.74, 6) is 0.189. The molecule has 2 aromatic carbocycles. The van der Waals surface area contributed by atoms with Crippen LogP contribution < -0.4 is 4.74 Å². The molecule has 0 heterocycles. The van der Waals surface area contributed by atoms with Crippen LogP contribution in [0.25, 0.3) is 0 Å². The molecule has 21 heavy (non-hydrogen) atoms. The van der Waals surface area contributed by atoms with Crippen LogP contribution >= 0.6 is 23.4 Å². The summed E-state index contributed by atoms with van der Waals surface area (Å²) in [6.45, 7) is 0. The Morgan fingerprint density at radius 2 is 1.95 bits per heavy atom. The van der Waals surface area contributed by atoms with Crippen molar-refractivity contribution in [1.82, 2.24) is 0 Å². The predicted octanol–water partition coefficient (Wildman–Crippen LogP) is 4.98. The van der Waals surface area contributed by atoms with E-state index in [1.807, 2.05) is 0 Å². The molecule has 0 bridgehead atoms. The Balaban J connectivity index is 2.01. The Morgan fingerprint density at radius 1 is 1.24 bits per heavy atom. The second-order valence-corrected chi connectivity index (χ2v) is 5.44. The molecular formula is C16H12ClFO2S. The van der Waals surface area contributed by atoms with Crippen LogP contribution in [0.2, 0.25) is 5.02 Å². The molecule has 108 valence electrons. The van der Waals surface area contributed by atoms with Gasteiger partial charge in [0.1, 0.15) is 11.6 Å². The molecule has 0 aliphatic rings. The van der Waals surface area contributed by atoms with Crippen molar-refractivity contribution in [2.45, 2.75) is 4.90 Å². The summed E-state index contributed by atoms with van der Waals surface area (Å²) < 4.78 is 17.9. The van der Waals surface area contributed by atoms with Crippen molar-refractivity contribution < 1.29 is 13.9 Å². The van der Waals surface area contributed by atoms with E-state index in [-0.39, 0.29) is 11.6 Å². The maximum absolute atomic E-state index is 12.9. The summed E-state index contributed by atoms with van der Waals surface area (Å²) in [4.78, 5) is 12.6. The van der Waals surface area contributed by atoms with Gasteiger partial charge in [0.25, 0.3) is 0 Å². The smallest absolute Gasteiger partial charge is 0.186 e. The molecule has 2 nitrogen and oxygen atoms in total. The van der Waals surface area contributed by atoms with E-state index in [0.29, 0.717) is 21.2 Å². The molecule has 2 rings (SSSR count). The Hall–Kier alpha value is -1.78. The average Bonchev–Trinajstić information content (AvgIpc) is 2.49. The zero-order chi connectivity index (χ0) is 15.2. The Bertz CT molecular complexity index is 668. The van der Waals surface area contributed by atoms with Crippen molar-refractivity contribution in [2.24, 2.45) is 0 Å². The molecule has 0 unspecified atom stereocenters. The summed E-state index contributed by atoms with van der Waals surface area (Å²) in [6.07, 6.45) is 1.45. The molecule has 5 heteroatoms. The SMILES string of the molecule is COc1ccc(C(=O)/C=C/Sc2ccc(F)cc2Cl)cc1. The Morgan fingerprint density at radius 3 is 2.57 bits per heavy atom. The second-order valence-electron chi connectivity index (χ2n) is 4.09. The lowest BCUT2D eigenvalue weighted by atomic mass is 10.1. The highest BCUT2D eigenvalue weighted by Crippen LogP contribution is 2.28. The standard InChI is InChI=1S/C16H12ClFO2S/c1-20-13-5-2-11(3-6-13)15(19)8-9-21-16-7-4-12(18)10-14(16)17/h2-10H,1H3/b9-8+. The third-order valence-electron chi connectivity index (χ3n) is 2.68. The fourth-order valence-corrected chi connectivity index (χ4v) is 2.55. The van der Waals surface area contributed by atoms with Crippen LogP contribution in [0.1, 0.15) is 10.4 Å². The number of halogens is 2. The van der Waals surface area contributed by atoms with Crippen LogP contribution in [-0.4, -0.2) is 12.9 Å². The highest BCUT2D eigenvalue weighted by molar-refractivity contribution is 8.02. The number of hydrogen-bond acceptors (Lipinski definition) is 3. The Kier molecular flexibility index (Phi) is 5.42. The van der Waals surface area contributed by atoms with E-state index < -0.39 is 0 Å². The van der Waals surface area contributed by atoms with Gasteiger partial charge >= 0.3 is 0 Å². The normalized spacial score (nSPS) is 10.8. The number of methoxy groups -OCH3 is 1. The van der Waals surface area contributed by atoms with Crippen molar-refractivity contribution in [2.75, 3.05) is 7.11 Å². The number of ketones is 1. The zero-order valence-electron chi connectivity index (χ0n) is 11.2. The third-order valence-corrected chi connectivity index (χ3v) is 3.99. The van der Waals surface area contributed by atoms with Gasteiger partial charge in [-0.05, 0) is 53.9 Å². The number of carbonyl (C=O) groups excluding carboxylic acids is 1. The molecule has 0 saturated carbocycles. The van der Waals surface area contributed by atoms with Crippen LogP contribution in [0.4, 0.5) is 4.39 Å². The average molecular weight is 323 g/mol. The molecule has 0 aromatic heterocycles. The minimum atomic E-state index is -0.386. The van der Waals surface area contributed by atoms with Gasteiger partial charge in [0.2, 0.25) is 0 Å². The van der Waals surface area contributed by atoms with E-state index in [1.54, 1.807) is 42.8 Å². The highest BCUT2D eigenvalue weighted by atomic mass is 35.5. The molecule has 0 saturated heterocycles. The lowest BCUT2D eigenvalue weighted by Gasteiger charge is -2.01. The minimum Gasteiger partial charge on any atom is -0.497 e. The van der Waals surface area contributed by atoms with Crippen LogP contribution in [0.5, 0.6) is 5.75 Å². The fourth-order valence-electron chi connectivity index (χ4n) is 1.59. The van der Waals surface area contributed by atoms with E-state index in [9.17, 15) is 9.18 Å². The maximum atomic E-state index is 12.9. The van der Waals surface area contributed by atoms with Crippen LogP contribution in [0, 0.1) is 5.82 Å². The largest absolute Gasteiger partial charge is 0.497 e. The van der Waals surface area contributed by atoms with E-state index in [4.69, 9.17) is 16.3 Å². The third kappa shape index (κ3) is 4.34. The first-order valence-corrected chi connectivity index (χ1v) is 7.32. The van der Waals surface area contributed by atoms with Gasteiger partial charge in [0, 0.05) is 10.5 Å². The van der Waals surface area contributed by atoms with Crippen molar-refractivity contribution in [1.29, 1.82) is 0 Å². The number of allylic oxidation sites excluding steroid dienone is 1. The van der Waals surface area contributed by atoms with Gasteiger partial charge in [0.15, 0.2) is 5.78 Å². The molecule has 0 amide bonds. The molecular weight excluding hydrogens is 311 g/mol. The molecule has 2 aromatic rings. The Labute approximate surface area is 131 Å². The van der Waals surface area contributed by atoms with Crippen LogP contribution in [0.3, 0.4) is 0 Å². The maximum Gasteiger partial charge on any atom is 0.186 e. The fraction of sp³-hybridized carbons (Fsp3) is 0.0625. The topological polar surface area (TPSA) is 26.3 Å². The first-order chi connectivity index (χ1) is 10.1. The zero-order valence-corrected chi connectivity index (χ0v) is 12.7. The number of benzene rings is 2. The molecule has 0 aliphatic carbocycles. The number of carbonyl (C=O) groups is 1. The number of thioether (sulfide) groups is 1. The monoisotopic (exact) mass is 322 g/mol. The summed E-state index contributed by atoms with van der Waals surface area (Å²) in [5, 5.41) is 1.95. The molecule has 0 radical (unpaired) electrons. The predicted molar refractivity (Wildman–Crippen MR) is 83.7 cm³/mol. The van der Waals surface area contributed by atoms with Gasteiger partial charge in [-0.2, -0.15) is 0 Å². The summed E-state index contributed by atoms with van der Waals surface area (Å²) in [7, 11) is 1.57. The first kappa shape index (κ1) is 15.6. The number of ether oxygens (including phenoxy) is 1. The lowest BCUT2D eigenvalue weighted by molar-refractivity contribution is 0.104. The van der Waals surface area contributed by atoms with Crippen molar-refractivity contribution >= 4 is 29.1 Å². The number of rotatable bonds is 5. The molecule has 0 atom stereocenters. The summed E-state index contributed by atoms with van der Waals surface area (Å²) in [5.41, 5.74) is 0.567. The second kappa shape index (κ2) is 7.29.